The molecule has 0 spiro atoms. The summed E-state index contributed by atoms with van der Waals surface area (Å²) in [5.41, 5.74) is 4.89. The highest BCUT2D eigenvalue weighted by atomic mass is 32.1. The van der Waals surface area contributed by atoms with Crippen LogP contribution in [0.4, 0.5) is 10.1 Å². The largest absolute Gasteiger partial charge is 0.325 e. The zero-order valence-electron chi connectivity index (χ0n) is 18.4. The lowest BCUT2D eigenvalue weighted by Gasteiger charge is -2.15. The first-order valence-corrected chi connectivity index (χ1v) is 11.8. The van der Waals surface area contributed by atoms with E-state index in [2.05, 4.69) is 28.7 Å². The van der Waals surface area contributed by atoms with Crippen LogP contribution in [0.5, 0.6) is 0 Å². The summed E-state index contributed by atoms with van der Waals surface area (Å²) in [4.78, 5) is 22.3. The van der Waals surface area contributed by atoms with Gasteiger partial charge in [-0.05, 0) is 43.5 Å². The second-order valence-corrected chi connectivity index (χ2v) is 9.61. The van der Waals surface area contributed by atoms with Crippen molar-refractivity contribution in [3.05, 3.63) is 63.9 Å². The molecular weight excluding hydrogens is 423 g/mol. The Morgan fingerprint density at radius 2 is 2.06 bits per heavy atom. The Bertz CT molecular complexity index is 1320. The number of rotatable bonds is 6. The Morgan fingerprint density at radius 3 is 2.78 bits per heavy atom. The molecule has 0 atom stereocenters. The van der Waals surface area contributed by atoms with E-state index in [9.17, 15) is 9.18 Å². The fourth-order valence-corrected chi connectivity index (χ4v) is 4.84. The number of hydrogen-bond acceptors (Lipinski definition) is 4. The molecule has 5 rings (SSSR count). The molecule has 164 valence electrons. The van der Waals surface area contributed by atoms with Crippen molar-refractivity contribution in [3.8, 4) is 11.4 Å². The third-order valence-corrected chi connectivity index (χ3v) is 6.94. The van der Waals surface area contributed by atoms with Crippen LogP contribution in [0, 0.1) is 12.7 Å². The summed E-state index contributed by atoms with van der Waals surface area (Å²) >= 11 is 1.59. The van der Waals surface area contributed by atoms with E-state index in [1.165, 1.54) is 12.1 Å². The third kappa shape index (κ3) is 3.93. The molecule has 1 aliphatic carbocycles. The minimum absolute atomic E-state index is 0.110. The number of hydrogen-bond donors (Lipinski definition) is 1. The molecule has 1 aliphatic rings. The van der Waals surface area contributed by atoms with Crippen LogP contribution < -0.4 is 5.32 Å². The number of carbonyl (C=O) groups excluding carboxylic acids is 1. The van der Waals surface area contributed by atoms with Gasteiger partial charge in [-0.1, -0.05) is 26.0 Å². The van der Waals surface area contributed by atoms with Crippen molar-refractivity contribution in [3.63, 3.8) is 0 Å². The normalized spacial score (nSPS) is 13.8. The molecule has 2 aromatic heterocycles. The molecule has 2 heterocycles. The first-order valence-electron chi connectivity index (χ1n) is 10.9. The highest BCUT2D eigenvalue weighted by Gasteiger charge is 2.30. The van der Waals surface area contributed by atoms with Crippen LogP contribution >= 0.6 is 11.3 Å². The Morgan fingerprint density at radius 1 is 1.25 bits per heavy atom. The molecule has 1 saturated carbocycles. The highest BCUT2D eigenvalue weighted by Crippen LogP contribution is 2.43. The smallest absolute Gasteiger partial charge is 0.230 e. The van der Waals surface area contributed by atoms with Crippen LogP contribution in [0.15, 0.2) is 41.8 Å². The van der Waals surface area contributed by atoms with Crippen molar-refractivity contribution in [1.82, 2.24) is 14.5 Å². The van der Waals surface area contributed by atoms with Gasteiger partial charge in [0.25, 0.3) is 0 Å². The van der Waals surface area contributed by atoms with Crippen molar-refractivity contribution in [1.29, 1.82) is 0 Å². The fraction of sp³-hybridized carbons (Fsp3) is 0.320. The quantitative estimate of drug-likeness (QED) is 0.379. The average molecular weight is 449 g/mol. The van der Waals surface area contributed by atoms with Gasteiger partial charge < -0.3 is 9.88 Å². The van der Waals surface area contributed by atoms with E-state index in [-0.39, 0.29) is 18.1 Å². The number of amides is 1. The van der Waals surface area contributed by atoms with Gasteiger partial charge in [0, 0.05) is 29.0 Å². The highest BCUT2D eigenvalue weighted by molar-refractivity contribution is 7.09. The summed E-state index contributed by atoms with van der Waals surface area (Å²) in [6.07, 6.45) is 2.37. The van der Waals surface area contributed by atoms with E-state index in [1.807, 2.05) is 30.5 Å². The zero-order valence-corrected chi connectivity index (χ0v) is 19.2. The van der Waals surface area contributed by atoms with Crippen LogP contribution in [0.2, 0.25) is 0 Å². The molecular formula is C25H25FN4OS. The molecule has 0 aliphatic heterocycles. The van der Waals surface area contributed by atoms with Crippen LogP contribution in [-0.2, 0) is 11.2 Å². The van der Waals surface area contributed by atoms with Gasteiger partial charge in [-0.25, -0.2) is 14.4 Å². The summed E-state index contributed by atoms with van der Waals surface area (Å²) < 4.78 is 16.0. The predicted octanol–water partition coefficient (Wildman–Crippen LogP) is 6.25. The Kier molecular flexibility index (Phi) is 5.29. The van der Waals surface area contributed by atoms with Crippen molar-refractivity contribution < 1.29 is 9.18 Å². The summed E-state index contributed by atoms with van der Waals surface area (Å²) in [5.74, 6) is 0.704. The number of nitrogens with one attached hydrogen (secondary N) is 1. The predicted molar refractivity (Wildman–Crippen MR) is 127 cm³/mol. The second kappa shape index (κ2) is 8.13. The number of halogens is 1. The summed E-state index contributed by atoms with van der Waals surface area (Å²) in [7, 11) is 0. The van der Waals surface area contributed by atoms with Gasteiger partial charge in [-0.15, -0.1) is 11.3 Å². The van der Waals surface area contributed by atoms with Crippen LogP contribution in [0.1, 0.15) is 54.9 Å². The van der Waals surface area contributed by atoms with E-state index >= 15 is 0 Å². The molecule has 0 bridgehead atoms. The number of aromatic nitrogens is 3. The fourth-order valence-electron chi connectivity index (χ4n) is 4.00. The maximum Gasteiger partial charge on any atom is 0.230 e. The molecule has 0 unspecified atom stereocenters. The van der Waals surface area contributed by atoms with Crippen molar-refractivity contribution in [2.75, 3.05) is 5.32 Å². The zero-order chi connectivity index (χ0) is 22.4. The number of para-hydroxylation sites is 1. The first-order chi connectivity index (χ1) is 15.4. The lowest BCUT2D eigenvalue weighted by molar-refractivity contribution is -0.115. The van der Waals surface area contributed by atoms with Gasteiger partial charge in [-0.3, -0.25) is 4.79 Å². The SMILES string of the molecule is Cc1cccc(-c2nc3cc(F)ccc3n2C2CC2)c1NC(=O)Cc1csc(C(C)C)n1. The lowest BCUT2D eigenvalue weighted by Crippen LogP contribution is -2.16. The van der Waals surface area contributed by atoms with Gasteiger partial charge in [0.15, 0.2) is 0 Å². The van der Waals surface area contributed by atoms with Crippen molar-refractivity contribution >= 4 is 34.0 Å². The first kappa shape index (κ1) is 20.8. The minimum Gasteiger partial charge on any atom is -0.325 e. The number of imidazole rings is 1. The summed E-state index contributed by atoms with van der Waals surface area (Å²) in [5, 5.41) is 6.09. The van der Waals surface area contributed by atoms with E-state index in [0.717, 1.165) is 51.7 Å². The number of nitrogens with zero attached hydrogens (tertiary/aromatic N) is 3. The topological polar surface area (TPSA) is 59.8 Å². The molecule has 1 N–H and O–H groups in total. The van der Waals surface area contributed by atoms with E-state index in [1.54, 1.807) is 17.4 Å². The average Bonchev–Trinajstić information content (AvgIpc) is 3.35. The molecule has 1 fully saturated rings. The summed E-state index contributed by atoms with van der Waals surface area (Å²) in [6, 6.07) is 11.0. The van der Waals surface area contributed by atoms with Gasteiger partial charge in [0.05, 0.1) is 33.8 Å². The van der Waals surface area contributed by atoms with Gasteiger partial charge >= 0.3 is 0 Å². The molecule has 4 aromatic rings. The lowest BCUT2D eigenvalue weighted by atomic mass is 10.1. The molecule has 32 heavy (non-hydrogen) atoms. The van der Waals surface area contributed by atoms with E-state index in [4.69, 9.17) is 4.98 Å². The molecule has 2 aromatic carbocycles. The Hall–Kier alpha value is -3.06. The Balaban J connectivity index is 1.51. The van der Waals surface area contributed by atoms with E-state index < -0.39 is 0 Å². The number of benzene rings is 2. The van der Waals surface area contributed by atoms with Crippen molar-refractivity contribution in [2.45, 2.75) is 52.0 Å². The van der Waals surface area contributed by atoms with Crippen LogP contribution in [-0.4, -0.2) is 20.4 Å². The monoisotopic (exact) mass is 448 g/mol. The molecule has 0 saturated heterocycles. The van der Waals surface area contributed by atoms with E-state index in [0.29, 0.717) is 17.5 Å². The second-order valence-electron chi connectivity index (χ2n) is 8.72. The van der Waals surface area contributed by atoms with Gasteiger partial charge in [0.1, 0.15) is 11.6 Å². The number of carbonyl (C=O) groups is 1. The minimum atomic E-state index is -0.300. The standard InChI is InChI=1S/C25H25FN4OS/c1-14(2)25-27-17(13-32-25)12-22(31)29-23-15(3)5-4-6-19(23)24-28-20-11-16(26)7-10-21(20)30(24)18-8-9-18/h4-7,10-11,13-14,18H,8-9,12H2,1-3H3,(H,29,31). The molecule has 7 heteroatoms. The molecule has 5 nitrogen and oxygen atoms in total. The van der Waals surface area contributed by atoms with Crippen LogP contribution in [0.25, 0.3) is 22.4 Å². The third-order valence-electron chi connectivity index (χ3n) is 5.75. The molecule has 0 radical (unpaired) electrons. The number of thiazole rings is 1. The number of fused-ring (bicyclic) bond motifs is 1. The van der Waals surface area contributed by atoms with Crippen molar-refractivity contribution in [2.24, 2.45) is 0 Å². The maximum absolute atomic E-state index is 13.9. The Labute approximate surface area is 190 Å². The summed E-state index contributed by atoms with van der Waals surface area (Å²) in [6.45, 7) is 6.17. The molecule has 1 amide bonds. The van der Waals surface area contributed by atoms with Gasteiger partial charge in [-0.2, -0.15) is 0 Å². The van der Waals surface area contributed by atoms with Gasteiger partial charge in [0.2, 0.25) is 5.91 Å². The number of anilines is 1. The van der Waals surface area contributed by atoms with Crippen LogP contribution in [0.3, 0.4) is 0 Å². The number of aryl methyl sites for hydroxylation is 1. The maximum atomic E-state index is 13.9.